The molecule has 1 aliphatic rings. The van der Waals surface area contributed by atoms with Crippen molar-refractivity contribution in [1.82, 2.24) is 5.32 Å². The van der Waals surface area contributed by atoms with Gasteiger partial charge in [0.1, 0.15) is 11.5 Å². The molecule has 1 fully saturated rings. The normalized spacial score (nSPS) is 20.0. The van der Waals surface area contributed by atoms with Gasteiger partial charge in [0.05, 0.1) is 13.7 Å². The number of rotatable bonds is 4. The van der Waals surface area contributed by atoms with Crippen molar-refractivity contribution >= 4 is 0 Å². The Kier molecular flexibility index (Phi) is 4.26. The van der Waals surface area contributed by atoms with Gasteiger partial charge in [-0.05, 0) is 37.9 Å². The molecule has 1 aromatic carbocycles. The first-order chi connectivity index (χ1) is 8.35. The predicted octanol–water partition coefficient (Wildman–Crippen LogP) is 2.56. The molecule has 2 rings (SSSR count). The molecule has 0 aliphatic carbocycles. The molecular weight excluding hydrogens is 214 g/mol. The predicted molar refractivity (Wildman–Crippen MR) is 69.0 cm³/mol. The summed E-state index contributed by atoms with van der Waals surface area (Å²) in [6.45, 7) is 4.89. The number of nitrogens with one attached hydrogen (secondary N) is 1. The van der Waals surface area contributed by atoms with Crippen LogP contribution in [0.1, 0.15) is 31.2 Å². The van der Waals surface area contributed by atoms with E-state index in [-0.39, 0.29) is 0 Å². The smallest absolute Gasteiger partial charge is 0.126 e. The molecule has 0 saturated carbocycles. The average molecular weight is 235 g/mol. The van der Waals surface area contributed by atoms with E-state index in [1.54, 1.807) is 7.11 Å². The summed E-state index contributed by atoms with van der Waals surface area (Å²) in [5, 5.41) is 3.44. The molecule has 1 saturated heterocycles. The monoisotopic (exact) mass is 235 g/mol. The zero-order valence-corrected chi connectivity index (χ0v) is 10.7. The fourth-order valence-electron chi connectivity index (χ4n) is 2.38. The minimum atomic E-state index is 0.566. The Hall–Kier alpha value is -1.22. The SMILES string of the molecule is CCOc1cc(OC)ccc1C1CCCNC1. The highest BCUT2D eigenvalue weighted by atomic mass is 16.5. The van der Waals surface area contributed by atoms with Crippen LogP contribution in [0.2, 0.25) is 0 Å². The first-order valence-electron chi connectivity index (χ1n) is 6.36. The van der Waals surface area contributed by atoms with Crippen LogP contribution in [-0.2, 0) is 0 Å². The highest BCUT2D eigenvalue weighted by molar-refractivity contribution is 5.43. The van der Waals surface area contributed by atoms with E-state index in [4.69, 9.17) is 9.47 Å². The van der Waals surface area contributed by atoms with Gasteiger partial charge in [-0.3, -0.25) is 0 Å². The van der Waals surface area contributed by atoms with Crippen LogP contribution in [0.15, 0.2) is 18.2 Å². The lowest BCUT2D eigenvalue weighted by Gasteiger charge is -2.25. The molecule has 1 unspecified atom stereocenters. The zero-order chi connectivity index (χ0) is 12.1. The Morgan fingerprint density at radius 1 is 1.41 bits per heavy atom. The van der Waals surface area contributed by atoms with Crippen LogP contribution in [0.5, 0.6) is 11.5 Å². The van der Waals surface area contributed by atoms with Gasteiger partial charge in [-0.25, -0.2) is 0 Å². The Bertz CT molecular complexity index is 359. The van der Waals surface area contributed by atoms with E-state index >= 15 is 0 Å². The van der Waals surface area contributed by atoms with E-state index in [9.17, 15) is 0 Å². The number of hydrogen-bond acceptors (Lipinski definition) is 3. The summed E-state index contributed by atoms with van der Waals surface area (Å²) in [6, 6.07) is 6.15. The molecule has 0 amide bonds. The topological polar surface area (TPSA) is 30.5 Å². The van der Waals surface area contributed by atoms with Crippen molar-refractivity contribution in [3.05, 3.63) is 23.8 Å². The summed E-state index contributed by atoms with van der Waals surface area (Å²) in [4.78, 5) is 0. The molecule has 0 bridgehead atoms. The number of ether oxygens (including phenoxy) is 2. The standard InChI is InChI=1S/C14H21NO2/c1-3-17-14-9-12(16-2)6-7-13(14)11-5-4-8-15-10-11/h6-7,9,11,15H,3-5,8,10H2,1-2H3. The lowest BCUT2D eigenvalue weighted by atomic mass is 9.91. The summed E-state index contributed by atoms with van der Waals surface area (Å²) in [6.07, 6.45) is 2.47. The van der Waals surface area contributed by atoms with E-state index in [0.717, 1.165) is 24.6 Å². The second-order valence-electron chi connectivity index (χ2n) is 4.38. The van der Waals surface area contributed by atoms with Crippen LogP contribution in [-0.4, -0.2) is 26.8 Å². The van der Waals surface area contributed by atoms with Gasteiger partial charge in [-0.15, -0.1) is 0 Å². The summed E-state index contributed by atoms with van der Waals surface area (Å²) >= 11 is 0. The molecule has 0 spiro atoms. The van der Waals surface area contributed by atoms with Gasteiger partial charge in [0.2, 0.25) is 0 Å². The minimum Gasteiger partial charge on any atom is -0.497 e. The van der Waals surface area contributed by atoms with Gasteiger partial charge in [0, 0.05) is 18.5 Å². The van der Waals surface area contributed by atoms with Gasteiger partial charge in [-0.2, -0.15) is 0 Å². The summed E-state index contributed by atoms with van der Waals surface area (Å²) in [5.41, 5.74) is 1.31. The number of methoxy groups -OCH3 is 1. The maximum absolute atomic E-state index is 5.72. The molecule has 0 aromatic heterocycles. The molecule has 94 valence electrons. The molecule has 1 atom stereocenters. The largest absolute Gasteiger partial charge is 0.497 e. The molecule has 3 nitrogen and oxygen atoms in total. The van der Waals surface area contributed by atoms with Crippen LogP contribution >= 0.6 is 0 Å². The quantitative estimate of drug-likeness (QED) is 0.870. The molecule has 0 radical (unpaired) electrons. The first kappa shape index (κ1) is 12.2. The third kappa shape index (κ3) is 2.91. The van der Waals surface area contributed by atoms with Crippen LogP contribution in [0.4, 0.5) is 0 Å². The lowest BCUT2D eigenvalue weighted by Crippen LogP contribution is -2.28. The fourth-order valence-corrected chi connectivity index (χ4v) is 2.38. The lowest BCUT2D eigenvalue weighted by molar-refractivity contribution is 0.326. The van der Waals surface area contributed by atoms with Crippen LogP contribution in [0.25, 0.3) is 0 Å². The molecule has 1 N–H and O–H groups in total. The zero-order valence-electron chi connectivity index (χ0n) is 10.7. The third-order valence-electron chi connectivity index (χ3n) is 3.26. The van der Waals surface area contributed by atoms with E-state index in [0.29, 0.717) is 12.5 Å². The Morgan fingerprint density at radius 3 is 2.94 bits per heavy atom. The van der Waals surface area contributed by atoms with Crippen molar-refractivity contribution in [2.24, 2.45) is 0 Å². The van der Waals surface area contributed by atoms with E-state index in [2.05, 4.69) is 11.4 Å². The van der Waals surface area contributed by atoms with Crippen molar-refractivity contribution < 1.29 is 9.47 Å². The molecule has 17 heavy (non-hydrogen) atoms. The van der Waals surface area contributed by atoms with Crippen molar-refractivity contribution in [3.8, 4) is 11.5 Å². The third-order valence-corrected chi connectivity index (χ3v) is 3.26. The molecule has 1 heterocycles. The second-order valence-corrected chi connectivity index (χ2v) is 4.38. The maximum atomic E-state index is 5.72. The van der Waals surface area contributed by atoms with Crippen molar-refractivity contribution in [1.29, 1.82) is 0 Å². The second kappa shape index (κ2) is 5.92. The Morgan fingerprint density at radius 2 is 2.29 bits per heavy atom. The maximum Gasteiger partial charge on any atom is 0.126 e. The average Bonchev–Trinajstić information content (AvgIpc) is 2.40. The van der Waals surface area contributed by atoms with E-state index < -0.39 is 0 Å². The van der Waals surface area contributed by atoms with Crippen molar-refractivity contribution in [3.63, 3.8) is 0 Å². The number of benzene rings is 1. The Labute approximate surface area is 103 Å². The van der Waals surface area contributed by atoms with Crippen molar-refractivity contribution in [2.75, 3.05) is 26.8 Å². The molecule has 3 heteroatoms. The summed E-state index contributed by atoms with van der Waals surface area (Å²) in [5.74, 6) is 2.40. The van der Waals surface area contributed by atoms with Gasteiger partial charge < -0.3 is 14.8 Å². The highest BCUT2D eigenvalue weighted by Crippen LogP contribution is 2.33. The summed E-state index contributed by atoms with van der Waals surface area (Å²) < 4.78 is 11.0. The van der Waals surface area contributed by atoms with Gasteiger partial charge in [0.15, 0.2) is 0 Å². The van der Waals surface area contributed by atoms with E-state index in [1.165, 1.54) is 18.4 Å². The fraction of sp³-hybridized carbons (Fsp3) is 0.571. The number of hydrogen-bond donors (Lipinski definition) is 1. The highest BCUT2D eigenvalue weighted by Gasteiger charge is 2.19. The summed E-state index contributed by atoms with van der Waals surface area (Å²) in [7, 11) is 1.69. The first-order valence-corrected chi connectivity index (χ1v) is 6.36. The van der Waals surface area contributed by atoms with Gasteiger partial charge >= 0.3 is 0 Å². The molecular formula is C14H21NO2. The van der Waals surface area contributed by atoms with Crippen LogP contribution in [0.3, 0.4) is 0 Å². The number of piperidine rings is 1. The Balaban J connectivity index is 2.24. The minimum absolute atomic E-state index is 0.566. The van der Waals surface area contributed by atoms with Gasteiger partial charge in [0.25, 0.3) is 0 Å². The van der Waals surface area contributed by atoms with Crippen molar-refractivity contribution in [2.45, 2.75) is 25.7 Å². The van der Waals surface area contributed by atoms with Crippen LogP contribution in [0, 0.1) is 0 Å². The molecule has 1 aliphatic heterocycles. The van der Waals surface area contributed by atoms with Gasteiger partial charge in [-0.1, -0.05) is 6.07 Å². The molecule has 1 aromatic rings. The van der Waals surface area contributed by atoms with E-state index in [1.807, 2.05) is 19.1 Å². The van der Waals surface area contributed by atoms with Crippen LogP contribution < -0.4 is 14.8 Å².